The summed E-state index contributed by atoms with van der Waals surface area (Å²) in [6.45, 7) is 0.724. The molecule has 0 saturated carbocycles. The molecular weight excluding hydrogens is 378 g/mol. The molecule has 30 heavy (non-hydrogen) atoms. The lowest BCUT2D eigenvalue weighted by Gasteiger charge is -2.26. The molecule has 1 aliphatic rings. The topological polar surface area (TPSA) is 73.3 Å². The van der Waals surface area contributed by atoms with Crippen LogP contribution in [0.15, 0.2) is 79.1 Å². The summed E-state index contributed by atoms with van der Waals surface area (Å²) >= 11 is 0. The van der Waals surface area contributed by atoms with Crippen LogP contribution < -0.4 is 14.8 Å². The number of nitrogens with zero attached hydrogens (tertiary/aromatic N) is 2. The van der Waals surface area contributed by atoms with E-state index in [1.54, 1.807) is 12.4 Å². The zero-order chi connectivity index (χ0) is 20.3. The van der Waals surface area contributed by atoms with Crippen molar-refractivity contribution in [3.05, 3.63) is 84.7 Å². The van der Waals surface area contributed by atoms with E-state index < -0.39 is 0 Å². The summed E-state index contributed by atoms with van der Waals surface area (Å²) in [4.78, 5) is 21.9. The van der Waals surface area contributed by atoms with E-state index in [1.165, 1.54) is 0 Å². The van der Waals surface area contributed by atoms with Crippen LogP contribution in [0.1, 0.15) is 10.4 Å². The fourth-order valence-electron chi connectivity index (χ4n) is 3.49. The maximum absolute atomic E-state index is 13.1. The highest BCUT2D eigenvalue weighted by molar-refractivity contribution is 6.07. The maximum atomic E-state index is 13.1. The van der Waals surface area contributed by atoms with Gasteiger partial charge in [0.25, 0.3) is 5.91 Å². The van der Waals surface area contributed by atoms with Gasteiger partial charge in [0.1, 0.15) is 12.7 Å². The maximum Gasteiger partial charge on any atom is 0.252 e. The van der Waals surface area contributed by atoms with Crippen LogP contribution in [0.3, 0.4) is 0 Å². The van der Waals surface area contributed by atoms with Crippen LogP contribution in [-0.4, -0.2) is 35.1 Å². The van der Waals surface area contributed by atoms with Gasteiger partial charge in [-0.2, -0.15) is 0 Å². The van der Waals surface area contributed by atoms with Gasteiger partial charge in [-0.25, -0.2) is 4.98 Å². The van der Waals surface area contributed by atoms with E-state index in [1.807, 2.05) is 66.7 Å². The van der Waals surface area contributed by atoms with Gasteiger partial charge in [-0.3, -0.25) is 9.78 Å². The normalized spacial score (nSPS) is 15.0. The minimum atomic E-state index is -0.255. The number of aromatic nitrogens is 2. The summed E-state index contributed by atoms with van der Waals surface area (Å²) < 4.78 is 11.7. The first kappa shape index (κ1) is 18.1. The van der Waals surface area contributed by atoms with E-state index in [-0.39, 0.29) is 12.0 Å². The van der Waals surface area contributed by atoms with Crippen LogP contribution in [0.25, 0.3) is 22.2 Å². The van der Waals surface area contributed by atoms with Crippen molar-refractivity contribution in [3.63, 3.8) is 0 Å². The standard InChI is InChI=1S/C24H19N3O3/c28-24(26-14-17-15-29-22-9-3-4-10-23(22)30-17)19-12-21(16-6-5-11-25-13-16)27-20-8-2-1-7-18(19)20/h1-13,17H,14-15H2,(H,26,28)/t17-/m1/s1. The highest BCUT2D eigenvalue weighted by Gasteiger charge is 2.22. The van der Waals surface area contributed by atoms with Crippen LogP contribution in [0.5, 0.6) is 11.5 Å². The molecule has 6 nitrogen and oxygen atoms in total. The SMILES string of the molecule is O=C(NC[C@@H]1COc2ccccc2O1)c1cc(-c2cccnc2)nc2ccccc12. The molecule has 148 valence electrons. The summed E-state index contributed by atoms with van der Waals surface area (Å²) in [5, 5.41) is 3.78. The van der Waals surface area contributed by atoms with Gasteiger partial charge >= 0.3 is 0 Å². The van der Waals surface area contributed by atoms with E-state index in [0.717, 1.165) is 22.2 Å². The molecule has 2 aromatic heterocycles. The molecule has 6 heteroatoms. The second-order valence-electron chi connectivity index (χ2n) is 7.02. The Bertz CT molecular complexity index is 1210. The van der Waals surface area contributed by atoms with Crippen molar-refractivity contribution < 1.29 is 14.3 Å². The molecule has 1 N–H and O–H groups in total. The van der Waals surface area contributed by atoms with Crippen molar-refractivity contribution >= 4 is 16.8 Å². The summed E-state index contributed by atoms with van der Waals surface area (Å²) in [5.41, 5.74) is 2.89. The lowest BCUT2D eigenvalue weighted by Crippen LogP contribution is -2.40. The molecule has 1 aliphatic heterocycles. The molecule has 1 amide bonds. The average Bonchev–Trinajstić information content (AvgIpc) is 2.82. The number of rotatable bonds is 4. The van der Waals surface area contributed by atoms with Crippen molar-refractivity contribution in [2.75, 3.05) is 13.2 Å². The summed E-state index contributed by atoms with van der Waals surface area (Å²) in [6, 6.07) is 20.7. The number of nitrogens with one attached hydrogen (secondary N) is 1. The number of fused-ring (bicyclic) bond motifs is 2. The largest absolute Gasteiger partial charge is 0.486 e. The van der Waals surface area contributed by atoms with Gasteiger partial charge in [-0.15, -0.1) is 0 Å². The molecule has 0 spiro atoms. The van der Waals surface area contributed by atoms with Crippen LogP contribution in [0.4, 0.5) is 0 Å². The molecule has 0 unspecified atom stereocenters. The Kier molecular flexibility index (Phi) is 4.73. The summed E-state index contributed by atoms with van der Waals surface area (Å²) in [6.07, 6.45) is 3.20. The molecule has 0 fully saturated rings. The van der Waals surface area contributed by atoms with E-state index in [9.17, 15) is 4.79 Å². The molecule has 4 aromatic rings. The second kappa shape index (κ2) is 7.83. The molecule has 0 saturated heterocycles. The molecule has 3 heterocycles. The third-order valence-corrected chi connectivity index (χ3v) is 4.98. The van der Waals surface area contributed by atoms with Crippen LogP contribution in [0, 0.1) is 0 Å². The number of pyridine rings is 2. The van der Waals surface area contributed by atoms with Crippen LogP contribution in [-0.2, 0) is 0 Å². The lowest BCUT2D eigenvalue weighted by molar-refractivity contribution is 0.0790. The van der Waals surface area contributed by atoms with Gasteiger partial charge in [0.2, 0.25) is 0 Å². The Morgan fingerprint density at radius 1 is 1.03 bits per heavy atom. The van der Waals surface area contributed by atoms with Crippen molar-refractivity contribution in [2.45, 2.75) is 6.10 Å². The molecule has 0 radical (unpaired) electrons. The first-order valence-corrected chi connectivity index (χ1v) is 9.75. The minimum Gasteiger partial charge on any atom is -0.486 e. The van der Waals surface area contributed by atoms with E-state index in [0.29, 0.717) is 30.2 Å². The van der Waals surface area contributed by atoms with Crippen molar-refractivity contribution in [1.82, 2.24) is 15.3 Å². The average molecular weight is 397 g/mol. The first-order valence-electron chi connectivity index (χ1n) is 9.75. The lowest BCUT2D eigenvalue weighted by atomic mass is 10.0. The quantitative estimate of drug-likeness (QED) is 0.566. The highest BCUT2D eigenvalue weighted by atomic mass is 16.6. The Labute approximate surface area is 173 Å². The number of carbonyl (C=O) groups excluding carboxylic acids is 1. The van der Waals surface area contributed by atoms with E-state index in [4.69, 9.17) is 14.5 Å². The van der Waals surface area contributed by atoms with Gasteiger partial charge in [0.15, 0.2) is 11.5 Å². The summed E-state index contributed by atoms with van der Waals surface area (Å²) in [5.74, 6) is 1.23. The number of benzene rings is 2. The Morgan fingerprint density at radius 2 is 1.87 bits per heavy atom. The monoisotopic (exact) mass is 397 g/mol. The third-order valence-electron chi connectivity index (χ3n) is 4.98. The molecule has 1 atom stereocenters. The molecule has 5 rings (SSSR count). The van der Waals surface area contributed by atoms with Crippen molar-refractivity contribution in [1.29, 1.82) is 0 Å². The molecular formula is C24H19N3O3. The predicted octanol–water partition coefficient (Wildman–Crippen LogP) is 3.87. The van der Waals surface area contributed by atoms with Crippen LogP contribution >= 0.6 is 0 Å². The second-order valence-corrected chi connectivity index (χ2v) is 7.02. The fourth-order valence-corrected chi connectivity index (χ4v) is 3.49. The number of carbonyl (C=O) groups is 1. The van der Waals surface area contributed by atoms with E-state index >= 15 is 0 Å². The summed E-state index contributed by atoms with van der Waals surface area (Å²) in [7, 11) is 0. The molecule has 2 aromatic carbocycles. The Balaban J connectivity index is 1.39. The van der Waals surface area contributed by atoms with Gasteiger partial charge in [-0.1, -0.05) is 30.3 Å². The molecule has 0 bridgehead atoms. The zero-order valence-electron chi connectivity index (χ0n) is 16.1. The number of hydrogen-bond acceptors (Lipinski definition) is 5. The fraction of sp³-hybridized carbons (Fsp3) is 0.125. The smallest absolute Gasteiger partial charge is 0.252 e. The van der Waals surface area contributed by atoms with Crippen LogP contribution in [0.2, 0.25) is 0 Å². The number of amides is 1. The van der Waals surface area contributed by atoms with Crippen molar-refractivity contribution in [3.8, 4) is 22.8 Å². The predicted molar refractivity (Wildman–Crippen MR) is 114 cm³/mol. The van der Waals surface area contributed by atoms with E-state index in [2.05, 4.69) is 10.3 Å². The van der Waals surface area contributed by atoms with Gasteiger partial charge in [0, 0.05) is 23.3 Å². The third kappa shape index (κ3) is 3.55. The van der Waals surface area contributed by atoms with Gasteiger partial charge in [0.05, 0.1) is 23.3 Å². The minimum absolute atomic E-state index is 0.179. The molecule has 0 aliphatic carbocycles. The number of para-hydroxylation sites is 3. The highest BCUT2D eigenvalue weighted by Crippen LogP contribution is 2.30. The first-order chi connectivity index (χ1) is 14.8. The van der Waals surface area contributed by atoms with Gasteiger partial charge < -0.3 is 14.8 Å². The number of hydrogen-bond donors (Lipinski definition) is 1. The Morgan fingerprint density at radius 3 is 2.73 bits per heavy atom. The van der Waals surface area contributed by atoms with Crippen molar-refractivity contribution in [2.24, 2.45) is 0 Å². The zero-order valence-corrected chi connectivity index (χ0v) is 16.1. The van der Waals surface area contributed by atoms with Gasteiger partial charge in [-0.05, 0) is 36.4 Å². The Hall–Kier alpha value is -3.93. The number of ether oxygens (including phenoxy) is 2.